The molecule has 0 aliphatic carbocycles. The van der Waals surface area contributed by atoms with Crippen LogP contribution in [0.25, 0.3) is 0 Å². The summed E-state index contributed by atoms with van der Waals surface area (Å²) in [4.78, 5) is 0. The van der Waals surface area contributed by atoms with Crippen molar-refractivity contribution in [3.05, 3.63) is 63.6 Å². The van der Waals surface area contributed by atoms with Crippen molar-refractivity contribution in [1.29, 1.82) is 0 Å². The molecule has 1 N–H and O–H groups in total. The van der Waals surface area contributed by atoms with Gasteiger partial charge in [0.25, 0.3) is 0 Å². The average molecular weight is 348 g/mol. The summed E-state index contributed by atoms with van der Waals surface area (Å²) < 4.78 is 7.01. The van der Waals surface area contributed by atoms with Gasteiger partial charge in [-0.2, -0.15) is 0 Å². The normalized spacial score (nSPS) is 12.2. The van der Waals surface area contributed by atoms with Crippen LogP contribution >= 0.6 is 15.9 Å². The maximum atomic E-state index is 5.93. The quantitative estimate of drug-likeness (QED) is 0.793. The third-order valence-electron chi connectivity index (χ3n) is 3.49. The van der Waals surface area contributed by atoms with Gasteiger partial charge in [0.2, 0.25) is 0 Å². The standard InChI is InChI=1S/C18H22BrNO/c1-4-20-14(3)16-8-9-18(13(2)10-16)21-12-15-6-5-7-17(19)11-15/h5-11,14,20H,4,12H2,1-3H3. The van der Waals surface area contributed by atoms with Gasteiger partial charge in [-0.15, -0.1) is 0 Å². The highest BCUT2D eigenvalue weighted by Gasteiger charge is 2.07. The van der Waals surface area contributed by atoms with E-state index in [-0.39, 0.29) is 0 Å². The highest BCUT2D eigenvalue weighted by molar-refractivity contribution is 9.10. The number of benzene rings is 2. The van der Waals surface area contributed by atoms with Gasteiger partial charge in [-0.3, -0.25) is 0 Å². The molecule has 0 saturated heterocycles. The van der Waals surface area contributed by atoms with E-state index in [1.807, 2.05) is 12.1 Å². The van der Waals surface area contributed by atoms with Crippen molar-refractivity contribution < 1.29 is 4.74 Å². The Labute approximate surface area is 135 Å². The first-order valence-electron chi connectivity index (χ1n) is 7.31. The average Bonchev–Trinajstić information content (AvgIpc) is 2.46. The van der Waals surface area contributed by atoms with Crippen LogP contribution < -0.4 is 10.1 Å². The second kappa shape index (κ2) is 7.62. The SMILES string of the molecule is CCNC(C)c1ccc(OCc2cccc(Br)c2)c(C)c1. The maximum Gasteiger partial charge on any atom is 0.122 e. The molecule has 0 heterocycles. The molecule has 0 aliphatic rings. The molecule has 0 saturated carbocycles. The molecular weight excluding hydrogens is 326 g/mol. The van der Waals surface area contributed by atoms with Gasteiger partial charge in [0, 0.05) is 10.5 Å². The molecule has 112 valence electrons. The van der Waals surface area contributed by atoms with Crippen molar-refractivity contribution in [2.45, 2.75) is 33.4 Å². The molecule has 2 aromatic rings. The van der Waals surface area contributed by atoms with Crippen molar-refractivity contribution in [3.63, 3.8) is 0 Å². The number of aryl methyl sites for hydroxylation is 1. The molecule has 0 bridgehead atoms. The monoisotopic (exact) mass is 347 g/mol. The van der Waals surface area contributed by atoms with E-state index in [2.05, 4.69) is 72.3 Å². The van der Waals surface area contributed by atoms with Crippen LogP contribution in [0.2, 0.25) is 0 Å². The molecule has 0 radical (unpaired) electrons. The van der Waals surface area contributed by atoms with Crippen LogP contribution in [0.3, 0.4) is 0 Å². The van der Waals surface area contributed by atoms with Gasteiger partial charge < -0.3 is 10.1 Å². The molecule has 0 spiro atoms. The van der Waals surface area contributed by atoms with Gasteiger partial charge >= 0.3 is 0 Å². The number of halogens is 1. The molecule has 2 rings (SSSR count). The second-order valence-electron chi connectivity index (χ2n) is 5.22. The van der Waals surface area contributed by atoms with Gasteiger partial charge in [0.15, 0.2) is 0 Å². The number of ether oxygens (including phenoxy) is 1. The third-order valence-corrected chi connectivity index (χ3v) is 3.99. The van der Waals surface area contributed by atoms with E-state index in [0.717, 1.165) is 22.3 Å². The predicted octanol–water partition coefficient (Wildman–Crippen LogP) is 5.01. The van der Waals surface area contributed by atoms with E-state index in [1.54, 1.807) is 0 Å². The summed E-state index contributed by atoms with van der Waals surface area (Å²) in [6.45, 7) is 7.96. The van der Waals surface area contributed by atoms with E-state index < -0.39 is 0 Å². The van der Waals surface area contributed by atoms with Crippen molar-refractivity contribution in [3.8, 4) is 5.75 Å². The zero-order valence-electron chi connectivity index (χ0n) is 12.8. The minimum absolute atomic E-state index is 0.368. The van der Waals surface area contributed by atoms with Gasteiger partial charge in [0.1, 0.15) is 12.4 Å². The van der Waals surface area contributed by atoms with Crippen molar-refractivity contribution in [2.75, 3.05) is 6.54 Å². The second-order valence-corrected chi connectivity index (χ2v) is 6.14. The Balaban J connectivity index is 2.04. The zero-order valence-corrected chi connectivity index (χ0v) is 14.4. The third kappa shape index (κ3) is 4.58. The number of hydrogen-bond donors (Lipinski definition) is 1. The molecule has 1 atom stereocenters. The minimum atomic E-state index is 0.368. The zero-order chi connectivity index (χ0) is 15.2. The summed E-state index contributed by atoms with van der Waals surface area (Å²) in [6.07, 6.45) is 0. The fourth-order valence-corrected chi connectivity index (χ4v) is 2.76. The fraction of sp³-hybridized carbons (Fsp3) is 0.333. The number of hydrogen-bond acceptors (Lipinski definition) is 2. The Morgan fingerprint density at radius 1 is 1.19 bits per heavy atom. The van der Waals surface area contributed by atoms with Crippen LogP contribution in [-0.2, 0) is 6.61 Å². The van der Waals surface area contributed by atoms with Gasteiger partial charge in [0.05, 0.1) is 0 Å². The Bertz CT molecular complexity index is 598. The summed E-state index contributed by atoms with van der Waals surface area (Å²) in [7, 11) is 0. The molecule has 21 heavy (non-hydrogen) atoms. The molecule has 1 unspecified atom stereocenters. The van der Waals surface area contributed by atoms with Crippen LogP contribution in [0.1, 0.15) is 36.6 Å². The lowest BCUT2D eigenvalue weighted by Gasteiger charge is -2.15. The lowest BCUT2D eigenvalue weighted by atomic mass is 10.1. The molecule has 0 aliphatic heterocycles. The van der Waals surface area contributed by atoms with Crippen LogP contribution in [-0.4, -0.2) is 6.54 Å². The summed E-state index contributed by atoms with van der Waals surface area (Å²) in [5.74, 6) is 0.947. The molecule has 0 fully saturated rings. The summed E-state index contributed by atoms with van der Waals surface area (Å²) in [6, 6.07) is 15.0. The lowest BCUT2D eigenvalue weighted by Crippen LogP contribution is -2.17. The molecule has 0 amide bonds. The smallest absolute Gasteiger partial charge is 0.122 e. The highest BCUT2D eigenvalue weighted by atomic mass is 79.9. The molecule has 2 nitrogen and oxygen atoms in total. The van der Waals surface area contributed by atoms with Gasteiger partial charge in [-0.25, -0.2) is 0 Å². The van der Waals surface area contributed by atoms with Crippen molar-refractivity contribution >= 4 is 15.9 Å². The molecule has 3 heteroatoms. The number of nitrogens with one attached hydrogen (secondary N) is 1. The highest BCUT2D eigenvalue weighted by Crippen LogP contribution is 2.24. The van der Waals surface area contributed by atoms with Crippen LogP contribution in [0.15, 0.2) is 46.9 Å². The van der Waals surface area contributed by atoms with E-state index in [9.17, 15) is 0 Å². The largest absolute Gasteiger partial charge is 0.489 e. The molecule has 0 aromatic heterocycles. The Kier molecular flexibility index (Phi) is 5.83. The first-order valence-corrected chi connectivity index (χ1v) is 8.10. The minimum Gasteiger partial charge on any atom is -0.489 e. The lowest BCUT2D eigenvalue weighted by molar-refractivity contribution is 0.304. The van der Waals surface area contributed by atoms with Crippen LogP contribution in [0, 0.1) is 6.92 Å². The molecular formula is C18H22BrNO. The van der Waals surface area contributed by atoms with Gasteiger partial charge in [-0.1, -0.05) is 47.1 Å². The topological polar surface area (TPSA) is 21.3 Å². The van der Waals surface area contributed by atoms with Gasteiger partial charge in [-0.05, 0) is 55.3 Å². The van der Waals surface area contributed by atoms with E-state index in [4.69, 9.17) is 4.74 Å². The maximum absolute atomic E-state index is 5.93. The summed E-state index contributed by atoms with van der Waals surface area (Å²) in [5, 5.41) is 3.43. The molecule has 2 aromatic carbocycles. The van der Waals surface area contributed by atoms with E-state index in [1.165, 1.54) is 11.1 Å². The van der Waals surface area contributed by atoms with Crippen LogP contribution in [0.4, 0.5) is 0 Å². The van der Waals surface area contributed by atoms with Crippen molar-refractivity contribution in [1.82, 2.24) is 5.32 Å². The van der Waals surface area contributed by atoms with Crippen molar-refractivity contribution in [2.24, 2.45) is 0 Å². The Morgan fingerprint density at radius 2 is 2.00 bits per heavy atom. The summed E-state index contributed by atoms with van der Waals surface area (Å²) in [5.41, 5.74) is 3.63. The fourth-order valence-electron chi connectivity index (χ4n) is 2.32. The first kappa shape index (κ1) is 16.1. The van der Waals surface area contributed by atoms with Crippen LogP contribution in [0.5, 0.6) is 5.75 Å². The van der Waals surface area contributed by atoms with E-state index >= 15 is 0 Å². The Morgan fingerprint density at radius 3 is 2.67 bits per heavy atom. The first-order chi connectivity index (χ1) is 10.1. The van der Waals surface area contributed by atoms with E-state index in [0.29, 0.717) is 12.6 Å². The summed E-state index contributed by atoms with van der Waals surface area (Å²) >= 11 is 3.48. The predicted molar refractivity (Wildman–Crippen MR) is 91.7 cm³/mol. The Hall–Kier alpha value is -1.32. The number of rotatable bonds is 6.